The number of hydrogen-bond donors (Lipinski definition) is 0. The zero-order valence-corrected chi connectivity index (χ0v) is 12.2. The van der Waals surface area contributed by atoms with Crippen LogP contribution >= 0.6 is 0 Å². The quantitative estimate of drug-likeness (QED) is 0.752. The van der Waals surface area contributed by atoms with E-state index < -0.39 is 5.60 Å². The maximum atomic E-state index is 12.1. The summed E-state index contributed by atoms with van der Waals surface area (Å²) in [6.45, 7) is 9.92. The summed E-state index contributed by atoms with van der Waals surface area (Å²) < 4.78 is 6.95. The monoisotopic (exact) mass is 259 g/mol. The number of benzene rings is 1. The Morgan fingerprint density at radius 3 is 2.47 bits per heavy atom. The summed E-state index contributed by atoms with van der Waals surface area (Å²) in [4.78, 5) is 12.1. The van der Waals surface area contributed by atoms with Crippen LogP contribution in [0.25, 0.3) is 10.9 Å². The number of nitrogens with zero attached hydrogens (tertiary/aromatic N) is 1. The molecule has 1 aromatic carbocycles. The average Bonchev–Trinajstić information content (AvgIpc) is 2.68. The summed E-state index contributed by atoms with van der Waals surface area (Å²) in [5.41, 5.74) is 1.68. The Kier molecular flexibility index (Phi) is 3.40. The zero-order valence-electron chi connectivity index (χ0n) is 12.2. The summed E-state index contributed by atoms with van der Waals surface area (Å²) >= 11 is 0. The highest BCUT2D eigenvalue weighted by atomic mass is 16.6. The molecular weight excluding hydrogens is 238 g/mol. The van der Waals surface area contributed by atoms with Crippen molar-refractivity contribution in [2.24, 2.45) is 0 Å². The average molecular weight is 259 g/mol. The van der Waals surface area contributed by atoms with E-state index in [-0.39, 0.29) is 6.09 Å². The first-order valence-electron chi connectivity index (χ1n) is 6.62. The van der Waals surface area contributed by atoms with E-state index in [4.69, 9.17) is 4.74 Å². The number of ether oxygens (including phenoxy) is 1. The van der Waals surface area contributed by atoms with Gasteiger partial charge in [-0.1, -0.05) is 19.9 Å². The molecule has 0 saturated heterocycles. The Morgan fingerprint density at radius 1 is 1.21 bits per heavy atom. The van der Waals surface area contributed by atoms with E-state index in [1.807, 2.05) is 32.9 Å². The van der Waals surface area contributed by atoms with Gasteiger partial charge in [0.15, 0.2) is 0 Å². The fraction of sp³-hybridized carbons (Fsp3) is 0.438. The molecule has 0 aliphatic heterocycles. The third kappa shape index (κ3) is 2.98. The maximum absolute atomic E-state index is 12.1. The predicted molar refractivity (Wildman–Crippen MR) is 77.7 cm³/mol. The molecule has 0 aliphatic carbocycles. The molecule has 0 atom stereocenters. The lowest BCUT2D eigenvalue weighted by molar-refractivity contribution is 0.0544. The van der Waals surface area contributed by atoms with E-state index in [0.29, 0.717) is 5.92 Å². The van der Waals surface area contributed by atoms with Crippen molar-refractivity contribution < 1.29 is 9.53 Å². The van der Waals surface area contributed by atoms with Crippen molar-refractivity contribution in [3.63, 3.8) is 0 Å². The molecule has 0 N–H and O–H groups in total. The van der Waals surface area contributed by atoms with Crippen LogP contribution in [-0.2, 0) is 4.74 Å². The van der Waals surface area contributed by atoms with Crippen molar-refractivity contribution in [1.29, 1.82) is 0 Å². The van der Waals surface area contributed by atoms with Gasteiger partial charge in [0.2, 0.25) is 0 Å². The van der Waals surface area contributed by atoms with Crippen LogP contribution in [0.3, 0.4) is 0 Å². The van der Waals surface area contributed by atoms with Gasteiger partial charge in [-0.3, -0.25) is 4.57 Å². The van der Waals surface area contributed by atoms with Crippen LogP contribution in [0.15, 0.2) is 30.5 Å². The van der Waals surface area contributed by atoms with E-state index in [0.717, 1.165) is 10.9 Å². The Labute approximate surface area is 114 Å². The van der Waals surface area contributed by atoms with Gasteiger partial charge in [0.05, 0.1) is 5.52 Å². The molecule has 19 heavy (non-hydrogen) atoms. The van der Waals surface area contributed by atoms with E-state index in [1.54, 1.807) is 10.8 Å². The molecule has 0 unspecified atom stereocenters. The number of carbonyl (C=O) groups is 1. The third-order valence-electron chi connectivity index (χ3n) is 2.97. The number of fused-ring (bicyclic) bond motifs is 1. The predicted octanol–water partition coefficient (Wildman–Crippen LogP) is 4.55. The molecule has 3 heteroatoms. The molecular formula is C16H21NO2. The molecule has 1 aromatic heterocycles. The lowest BCUT2D eigenvalue weighted by Gasteiger charge is -2.19. The topological polar surface area (TPSA) is 31.2 Å². The Bertz CT molecular complexity index is 603. The molecule has 0 amide bonds. The number of aromatic nitrogens is 1. The Balaban J connectivity index is 2.38. The summed E-state index contributed by atoms with van der Waals surface area (Å²) in [5, 5.41) is 1.07. The van der Waals surface area contributed by atoms with E-state index >= 15 is 0 Å². The first kappa shape index (κ1) is 13.7. The standard InChI is InChI=1S/C16H21NO2/c1-11(2)12-6-7-14-13(10-12)8-9-17(14)15(18)19-16(3,4)5/h6-11H,1-5H3. The SMILES string of the molecule is CC(C)c1ccc2c(ccn2C(=O)OC(C)(C)C)c1. The van der Waals surface area contributed by atoms with E-state index in [2.05, 4.69) is 26.0 Å². The third-order valence-corrected chi connectivity index (χ3v) is 2.97. The van der Waals surface area contributed by atoms with Gasteiger partial charge < -0.3 is 4.74 Å². The second-order valence-electron chi connectivity index (χ2n) is 6.14. The molecule has 2 rings (SSSR count). The molecule has 0 fully saturated rings. The summed E-state index contributed by atoms with van der Waals surface area (Å²) in [6, 6.07) is 8.12. The zero-order chi connectivity index (χ0) is 14.2. The second kappa shape index (κ2) is 4.72. The highest BCUT2D eigenvalue weighted by Crippen LogP contribution is 2.23. The van der Waals surface area contributed by atoms with Crippen LogP contribution in [0.4, 0.5) is 4.79 Å². The van der Waals surface area contributed by atoms with Crippen LogP contribution in [0.5, 0.6) is 0 Å². The normalized spacial score (nSPS) is 12.1. The minimum absolute atomic E-state index is 0.334. The van der Waals surface area contributed by atoms with E-state index in [9.17, 15) is 4.79 Å². The van der Waals surface area contributed by atoms with Crippen molar-refractivity contribution in [3.05, 3.63) is 36.0 Å². The van der Waals surface area contributed by atoms with Crippen LogP contribution in [0.2, 0.25) is 0 Å². The smallest absolute Gasteiger partial charge is 0.418 e. The molecule has 1 heterocycles. The number of carbonyl (C=O) groups excluding carboxylic acids is 1. The van der Waals surface area contributed by atoms with Gasteiger partial charge in [0.1, 0.15) is 5.60 Å². The molecule has 0 aliphatic rings. The Hall–Kier alpha value is -1.77. The van der Waals surface area contributed by atoms with Gasteiger partial charge >= 0.3 is 6.09 Å². The molecule has 102 valence electrons. The largest absolute Gasteiger partial charge is 0.443 e. The molecule has 0 radical (unpaired) electrons. The lowest BCUT2D eigenvalue weighted by Crippen LogP contribution is -2.26. The van der Waals surface area contributed by atoms with Crippen LogP contribution in [-0.4, -0.2) is 16.3 Å². The highest BCUT2D eigenvalue weighted by molar-refractivity contribution is 5.90. The van der Waals surface area contributed by atoms with Crippen molar-refractivity contribution in [3.8, 4) is 0 Å². The molecule has 3 nitrogen and oxygen atoms in total. The minimum Gasteiger partial charge on any atom is -0.443 e. The highest BCUT2D eigenvalue weighted by Gasteiger charge is 2.19. The fourth-order valence-corrected chi connectivity index (χ4v) is 1.99. The van der Waals surface area contributed by atoms with Crippen molar-refractivity contribution >= 4 is 17.0 Å². The van der Waals surface area contributed by atoms with Crippen LogP contribution < -0.4 is 0 Å². The van der Waals surface area contributed by atoms with Gasteiger partial charge in [-0.25, -0.2) is 4.79 Å². The first-order valence-corrected chi connectivity index (χ1v) is 6.62. The first-order chi connectivity index (χ1) is 8.78. The molecule has 0 spiro atoms. The second-order valence-corrected chi connectivity index (χ2v) is 6.14. The van der Waals surface area contributed by atoms with Crippen molar-refractivity contribution in [2.75, 3.05) is 0 Å². The number of hydrogen-bond acceptors (Lipinski definition) is 2. The van der Waals surface area contributed by atoms with Gasteiger partial charge in [-0.2, -0.15) is 0 Å². The molecule has 0 bridgehead atoms. The minimum atomic E-state index is -0.481. The van der Waals surface area contributed by atoms with Crippen molar-refractivity contribution in [2.45, 2.75) is 46.1 Å². The van der Waals surface area contributed by atoms with Gasteiger partial charge in [0, 0.05) is 11.6 Å². The number of rotatable bonds is 1. The summed E-state index contributed by atoms with van der Waals surface area (Å²) in [5.74, 6) is 0.481. The van der Waals surface area contributed by atoms with Crippen LogP contribution in [0, 0.1) is 0 Å². The van der Waals surface area contributed by atoms with E-state index in [1.165, 1.54) is 5.56 Å². The Morgan fingerprint density at radius 2 is 1.89 bits per heavy atom. The summed E-state index contributed by atoms with van der Waals surface area (Å²) in [7, 11) is 0. The van der Waals surface area contributed by atoms with Crippen LogP contribution in [0.1, 0.15) is 46.1 Å². The fourth-order valence-electron chi connectivity index (χ4n) is 1.99. The van der Waals surface area contributed by atoms with Crippen molar-refractivity contribution in [1.82, 2.24) is 4.57 Å². The van der Waals surface area contributed by atoms with Gasteiger partial charge in [-0.15, -0.1) is 0 Å². The molecule has 0 saturated carbocycles. The lowest BCUT2D eigenvalue weighted by atomic mass is 10.0. The van der Waals surface area contributed by atoms with Gasteiger partial charge in [0.25, 0.3) is 0 Å². The summed E-state index contributed by atoms with van der Waals surface area (Å²) in [6.07, 6.45) is 1.43. The van der Waals surface area contributed by atoms with Gasteiger partial charge in [-0.05, 0) is 50.5 Å². The molecule has 2 aromatic rings. The maximum Gasteiger partial charge on any atom is 0.418 e.